The molecule has 2 nitrogen and oxygen atoms in total. The first-order valence-electron chi connectivity index (χ1n) is 4.64. The quantitative estimate of drug-likeness (QED) is 0.663. The van der Waals surface area contributed by atoms with Crippen LogP contribution in [0, 0.1) is 5.92 Å². The summed E-state index contributed by atoms with van der Waals surface area (Å²) in [6.07, 6.45) is 2.60. The van der Waals surface area contributed by atoms with Crippen molar-refractivity contribution >= 4 is 0 Å². The molecule has 0 aromatic heterocycles. The van der Waals surface area contributed by atoms with Crippen LogP contribution in [-0.2, 0) is 0 Å². The molecule has 1 heterocycles. The number of hydrogen-bond donors (Lipinski definition) is 1. The van der Waals surface area contributed by atoms with E-state index in [4.69, 9.17) is 5.11 Å². The van der Waals surface area contributed by atoms with Crippen molar-refractivity contribution in [2.45, 2.75) is 32.7 Å². The van der Waals surface area contributed by atoms with Crippen LogP contribution >= 0.6 is 0 Å². The molecule has 11 heavy (non-hydrogen) atoms. The van der Waals surface area contributed by atoms with Crippen LogP contribution in [0.15, 0.2) is 0 Å². The topological polar surface area (TPSA) is 23.5 Å². The maximum atomic E-state index is 8.76. The van der Waals surface area contributed by atoms with Gasteiger partial charge in [-0.1, -0.05) is 13.3 Å². The van der Waals surface area contributed by atoms with E-state index in [1.54, 1.807) is 0 Å². The van der Waals surface area contributed by atoms with Gasteiger partial charge in [-0.05, 0) is 25.8 Å². The van der Waals surface area contributed by atoms with Gasteiger partial charge in [0.25, 0.3) is 0 Å². The molecule has 2 unspecified atom stereocenters. The fourth-order valence-corrected chi connectivity index (χ4v) is 2.06. The molecule has 1 saturated heterocycles. The smallest absolute Gasteiger partial charge is 0.0558 e. The second-order valence-corrected chi connectivity index (χ2v) is 3.46. The maximum absolute atomic E-state index is 8.76. The lowest BCUT2D eigenvalue weighted by molar-refractivity contribution is 0.179. The molecule has 0 spiro atoms. The summed E-state index contributed by atoms with van der Waals surface area (Å²) in [5.74, 6) is 0.863. The maximum Gasteiger partial charge on any atom is 0.0558 e. The van der Waals surface area contributed by atoms with Crippen LogP contribution in [-0.4, -0.2) is 35.7 Å². The van der Waals surface area contributed by atoms with Gasteiger partial charge in [-0.2, -0.15) is 0 Å². The molecule has 1 aliphatic heterocycles. The Morgan fingerprint density at radius 1 is 1.55 bits per heavy atom. The Balaban J connectivity index is 2.35. The lowest BCUT2D eigenvalue weighted by atomic mass is 9.99. The number of β-amino-alcohol motifs (C(OH)–C–C–N with tert-alkyl or cyclic N) is 1. The Labute approximate surface area is 69.2 Å². The molecule has 0 radical (unpaired) electrons. The Morgan fingerprint density at radius 2 is 2.27 bits per heavy atom. The molecule has 0 saturated carbocycles. The number of aliphatic hydroxyl groups excluding tert-OH is 1. The van der Waals surface area contributed by atoms with Gasteiger partial charge in [-0.3, -0.25) is 4.90 Å². The second-order valence-electron chi connectivity index (χ2n) is 3.46. The largest absolute Gasteiger partial charge is 0.395 e. The molecular formula is C9H19NO. The number of hydrogen-bond acceptors (Lipinski definition) is 2. The predicted octanol–water partition coefficient (Wildman–Crippen LogP) is 1.10. The van der Waals surface area contributed by atoms with Crippen LogP contribution in [0.1, 0.15) is 26.7 Å². The fourth-order valence-electron chi connectivity index (χ4n) is 2.06. The summed E-state index contributed by atoms with van der Waals surface area (Å²) in [4.78, 5) is 2.38. The highest BCUT2D eigenvalue weighted by Gasteiger charge is 2.28. The van der Waals surface area contributed by atoms with Gasteiger partial charge in [0, 0.05) is 12.6 Å². The second kappa shape index (κ2) is 4.07. The van der Waals surface area contributed by atoms with E-state index < -0.39 is 0 Å². The van der Waals surface area contributed by atoms with Gasteiger partial charge in [-0.15, -0.1) is 0 Å². The summed E-state index contributed by atoms with van der Waals surface area (Å²) in [7, 11) is 0. The van der Waals surface area contributed by atoms with Crippen LogP contribution < -0.4 is 0 Å². The van der Waals surface area contributed by atoms with Gasteiger partial charge in [0.15, 0.2) is 0 Å². The first-order chi connectivity index (χ1) is 5.29. The van der Waals surface area contributed by atoms with Gasteiger partial charge in [0.2, 0.25) is 0 Å². The summed E-state index contributed by atoms with van der Waals surface area (Å²) >= 11 is 0. The van der Waals surface area contributed by atoms with Crippen molar-refractivity contribution in [3.8, 4) is 0 Å². The molecule has 2 heteroatoms. The minimum Gasteiger partial charge on any atom is -0.395 e. The van der Waals surface area contributed by atoms with Crippen LogP contribution in [0.25, 0.3) is 0 Å². The number of rotatable bonds is 3. The summed E-state index contributed by atoms with van der Waals surface area (Å²) < 4.78 is 0. The first kappa shape index (κ1) is 9.01. The zero-order valence-electron chi connectivity index (χ0n) is 7.58. The zero-order chi connectivity index (χ0) is 8.27. The van der Waals surface area contributed by atoms with Crippen molar-refractivity contribution in [1.82, 2.24) is 4.90 Å². The van der Waals surface area contributed by atoms with Gasteiger partial charge < -0.3 is 5.11 Å². The Hall–Kier alpha value is -0.0800. The molecule has 0 aromatic carbocycles. The standard InChI is InChI=1S/C9H19NO/c1-3-9-4-5-10(6-7-11)8(9)2/h8-9,11H,3-7H2,1-2H3. The van der Waals surface area contributed by atoms with E-state index in [1.807, 2.05) is 0 Å². The lowest BCUT2D eigenvalue weighted by Crippen LogP contribution is -2.32. The minimum atomic E-state index is 0.306. The van der Waals surface area contributed by atoms with Crippen molar-refractivity contribution in [3.05, 3.63) is 0 Å². The van der Waals surface area contributed by atoms with Gasteiger partial charge >= 0.3 is 0 Å². The SMILES string of the molecule is CCC1CCN(CCO)C1C. The first-order valence-corrected chi connectivity index (χ1v) is 4.64. The van der Waals surface area contributed by atoms with Crippen LogP contribution in [0.4, 0.5) is 0 Å². The molecule has 1 N–H and O–H groups in total. The van der Waals surface area contributed by atoms with Gasteiger partial charge in [-0.25, -0.2) is 0 Å². The van der Waals surface area contributed by atoms with E-state index in [9.17, 15) is 0 Å². The molecule has 1 fully saturated rings. The van der Waals surface area contributed by atoms with Crippen LogP contribution in [0.2, 0.25) is 0 Å². The van der Waals surface area contributed by atoms with Gasteiger partial charge in [0.1, 0.15) is 0 Å². The normalized spacial score (nSPS) is 33.0. The molecule has 0 aromatic rings. The molecule has 0 bridgehead atoms. The van der Waals surface area contributed by atoms with Gasteiger partial charge in [0.05, 0.1) is 6.61 Å². The Morgan fingerprint density at radius 3 is 2.73 bits per heavy atom. The third-order valence-corrected chi connectivity index (χ3v) is 2.96. The predicted molar refractivity (Wildman–Crippen MR) is 46.5 cm³/mol. The highest BCUT2D eigenvalue weighted by Crippen LogP contribution is 2.25. The van der Waals surface area contributed by atoms with E-state index in [1.165, 1.54) is 19.4 Å². The monoisotopic (exact) mass is 157 g/mol. The molecular weight excluding hydrogens is 138 g/mol. The van der Waals surface area contributed by atoms with Crippen molar-refractivity contribution in [1.29, 1.82) is 0 Å². The van der Waals surface area contributed by atoms with Crippen molar-refractivity contribution in [2.24, 2.45) is 5.92 Å². The summed E-state index contributed by atoms with van der Waals surface area (Å²) in [5, 5.41) is 8.76. The zero-order valence-corrected chi connectivity index (χ0v) is 7.58. The number of nitrogens with zero attached hydrogens (tertiary/aromatic N) is 1. The third kappa shape index (κ3) is 1.94. The van der Waals surface area contributed by atoms with E-state index in [0.29, 0.717) is 12.6 Å². The summed E-state index contributed by atoms with van der Waals surface area (Å²) in [6, 6.07) is 0.687. The molecule has 0 amide bonds. The van der Waals surface area contributed by atoms with Crippen LogP contribution in [0.5, 0.6) is 0 Å². The summed E-state index contributed by atoms with van der Waals surface area (Å²) in [5.41, 5.74) is 0. The number of likely N-dealkylation sites (tertiary alicyclic amines) is 1. The Bertz CT molecular complexity index is 116. The van der Waals surface area contributed by atoms with E-state index in [-0.39, 0.29) is 0 Å². The molecule has 2 atom stereocenters. The van der Waals surface area contributed by atoms with E-state index in [2.05, 4.69) is 18.7 Å². The van der Waals surface area contributed by atoms with Crippen molar-refractivity contribution in [3.63, 3.8) is 0 Å². The highest BCUT2D eigenvalue weighted by molar-refractivity contribution is 4.82. The third-order valence-electron chi connectivity index (χ3n) is 2.96. The van der Waals surface area contributed by atoms with Crippen molar-refractivity contribution < 1.29 is 5.11 Å². The molecule has 0 aliphatic carbocycles. The average Bonchev–Trinajstić information content (AvgIpc) is 2.34. The summed E-state index contributed by atoms with van der Waals surface area (Å²) in [6.45, 7) is 6.87. The molecule has 66 valence electrons. The minimum absolute atomic E-state index is 0.306. The fraction of sp³-hybridized carbons (Fsp3) is 1.00. The molecule has 1 aliphatic rings. The lowest BCUT2D eigenvalue weighted by Gasteiger charge is -2.22. The molecule has 1 rings (SSSR count). The average molecular weight is 157 g/mol. The van der Waals surface area contributed by atoms with E-state index in [0.717, 1.165) is 12.5 Å². The highest BCUT2D eigenvalue weighted by atomic mass is 16.3. The Kier molecular flexibility index (Phi) is 3.34. The van der Waals surface area contributed by atoms with E-state index >= 15 is 0 Å². The van der Waals surface area contributed by atoms with Crippen LogP contribution in [0.3, 0.4) is 0 Å². The van der Waals surface area contributed by atoms with Crippen molar-refractivity contribution in [2.75, 3.05) is 19.7 Å². The number of aliphatic hydroxyl groups is 1.